The van der Waals surface area contributed by atoms with Crippen molar-refractivity contribution >= 4 is 13.6 Å². The standard InChI is InChI=1S/C23H47O6P/c1-21(2)17-15-13-11-9-7-5-3-4-6-8-10-12-14-16-18-23(25)29-19-22(24)20-30(26,27)28/h21-22,24H,3-20H2,1-2H3,(H2,26,27,28). The van der Waals surface area contributed by atoms with Crippen molar-refractivity contribution in [2.75, 3.05) is 12.8 Å². The van der Waals surface area contributed by atoms with Crippen molar-refractivity contribution in [3.63, 3.8) is 0 Å². The summed E-state index contributed by atoms with van der Waals surface area (Å²) in [5.74, 6) is 0.427. The highest BCUT2D eigenvalue weighted by molar-refractivity contribution is 7.51. The first-order chi connectivity index (χ1) is 14.2. The van der Waals surface area contributed by atoms with Crippen molar-refractivity contribution in [3.05, 3.63) is 0 Å². The first-order valence-electron chi connectivity index (χ1n) is 12.1. The Kier molecular flexibility index (Phi) is 19.0. The first-order valence-corrected chi connectivity index (χ1v) is 13.9. The van der Waals surface area contributed by atoms with Crippen LogP contribution in [0.5, 0.6) is 0 Å². The SMILES string of the molecule is CC(C)CCCCCCCCCCCCCCCCC(=O)OCC(O)CP(=O)(O)O. The zero-order chi connectivity index (χ0) is 22.7. The number of carbonyl (C=O) groups is 1. The lowest BCUT2D eigenvalue weighted by molar-refractivity contribution is -0.146. The summed E-state index contributed by atoms with van der Waals surface area (Å²) in [6, 6.07) is 0. The molecule has 3 N–H and O–H groups in total. The Hall–Kier alpha value is -0.420. The third-order valence-corrected chi connectivity index (χ3v) is 6.19. The summed E-state index contributed by atoms with van der Waals surface area (Å²) >= 11 is 0. The van der Waals surface area contributed by atoms with Gasteiger partial charge in [0.05, 0.1) is 12.3 Å². The van der Waals surface area contributed by atoms with Crippen LogP contribution in [0.2, 0.25) is 0 Å². The van der Waals surface area contributed by atoms with Crippen LogP contribution < -0.4 is 0 Å². The summed E-state index contributed by atoms with van der Waals surface area (Å²) in [6.07, 6.45) is 17.3. The number of rotatable bonds is 21. The van der Waals surface area contributed by atoms with E-state index in [9.17, 15) is 14.5 Å². The van der Waals surface area contributed by atoms with E-state index in [1.54, 1.807) is 0 Å². The van der Waals surface area contributed by atoms with Gasteiger partial charge in [-0.05, 0) is 12.3 Å². The predicted molar refractivity (Wildman–Crippen MR) is 123 cm³/mol. The van der Waals surface area contributed by atoms with Gasteiger partial charge in [0.15, 0.2) is 0 Å². The molecule has 0 aliphatic heterocycles. The van der Waals surface area contributed by atoms with Gasteiger partial charge in [0.25, 0.3) is 0 Å². The normalized spacial score (nSPS) is 13.0. The summed E-state index contributed by atoms with van der Waals surface area (Å²) in [4.78, 5) is 29.0. The van der Waals surface area contributed by atoms with Gasteiger partial charge in [0.1, 0.15) is 6.61 Å². The van der Waals surface area contributed by atoms with Crippen molar-refractivity contribution in [1.29, 1.82) is 0 Å². The number of unbranched alkanes of at least 4 members (excludes halogenated alkanes) is 13. The van der Waals surface area contributed by atoms with Crippen LogP contribution in [0.1, 0.15) is 117 Å². The quantitative estimate of drug-likeness (QED) is 0.113. The molecule has 0 saturated carbocycles. The number of carbonyl (C=O) groups excluding carboxylic acids is 1. The van der Waals surface area contributed by atoms with E-state index in [0.29, 0.717) is 6.42 Å². The Morgan fingerprint density at radius 1 is 0.767 bits per heavy atom. The van der Waals surface area contributed by atoms with E-state index in [-0.39, 0.29) is 6.61 Å². The highest BCUT2D eigenvalue weighted by Crippen LogP contribution is 2.34. The number of aliphatic hydroxyl groups excluding tert-OH is 1. The summed E-state index contributed by atoms with van der Waals surface area (Å²) in [5.41, 5.74) is 0. The van der Waals surface area contributed by atoms with Gasteiger partial charge in [-0.15, -0.1) is 0 Å². The molecule has 0 aromatic carbocycles. The molecule has 0 aliphatic rings. The average molecular weight is 451 g/mol. The van der Waals surface area contributed by atoms with E-state index in [2.05, 4.69) is 13.8 Å². The van der Waals surface area contributed by atoms with Crippen molar-refractivity contribution in [1.82, 2.24) is 0 Å². The van der Waals surface area contributed by atoms with E-state index >= 15 is 0 Å². The second-order valence-electron chi connectivity index (χ2n) is 9.07. The van der Waals surface area contributed by atoms with Crippen LogP contribution in [0.15, 0.2) is 0 Å². The van der Waals surface area contributed by atoms with E-state index in [1.807, 2.05) is 0 Å². The average Bonchev–Trinajstić information content (AvgIpc) is 2.64. The minimum absolute atomic E-state index is 0.292. The molecule has 0 aromatic heterocycles. The van der Waals surface area contributed by atoms with Gasteiger partial charge in [0, 0.05) is 6.42 Å². The van der Waals surface area contributed by atoms with Crippen molar-refractivity contribution < 1.29 is 29.0 Å². The second-order valence-corrected chi connectivity index (χ2v) is 10.8. The maximum absolute atomic E-state index is 11.5. The summed E-state index contributed by atoms with van der Waals surface area (Å²) in [6.45, 7) is 4.24. The molecule has 1 unspecified atom stereocenters. The molecule has 0 radical (unpaired) electrons. The Labute approximate surface area is 184 Å². The predicted octanol–water partition coefficient (Wildman–Crippen LogP) is 5.97. The van der Waals surface area contributed by atoms with Crippen LogP contribution in [-0.4, -0.2) is 39.7 Å². The molecule has 0 amide bonds. The van der Waals surface area contributed by atoms with Crippen LogP contribution >= 0.6 is 7.60 Å². The Morgan fingerprint density at radius 2 is 1.17 bits per heavy atom. The lowest BCUT2D eigenvalue weighted by atomic mass is 10.0. The van der Waals surface area contributed by atoms with Crippen molar-refractivity contribution in [3.8, 4) is 0 Å². The monoisotopic (exact) mass is 450 g/mol. The zero-order valence-electron chi connectivity index (χ0n) is 19.4. The molecule has 0 spiro atoms. The van der Waals surface area contributed by atoms with Gasteiger partial charge in [-0.3, -0.25) is 9.36 Å². The third-order valence-electron chi connectivity index (χ3n) is 5.30. The molecule has 1 atom stereocenters. The molecule has 0 aromatic rings. The number of aliphatic hydroxyl groups is 1. The Balaban J connectivity index is 3.27. The Bertz CT molecular complexity index is 449. The highest BCUT2D eigenvalue weighted by atomic mass is 31.2. The highest BCUT2D eigenvalue weighted by Gasteiger charge is 2.20. The van der Waals surface area contributed by atoms with Gasteiger partial charge in [-0.25, -0.2) is 0 Å². The summed E-state index contributed by atoms with van der Waals surface area (Å²) < 4.78 is 15.6. The van der Waals surface area contributed by atoms with E-state index in [1.165, 1.54) is 77.0 Å². The summed E-state index contributed by atoms with van der Waals surface area (Å²) in [7, 11) is -4.28. The van der Waals surface area contributed by atoms with E-state index < -0.39 is 25.8 Å². The molecule has 0 heterocycles. The maximum Gasteiger partial charge on any atom is 0.328 e. The lowest BCUT2D eigenvalue weighted by Gasteiger charge is -2.12. The lowest BCUT2D eigenvalue weighted by Crippen LogP contribution is -2.22. The third kappa shape index (κ3) is 23.9. The second kappa shape index (κ2) is 19.3. The van der Waals surface area contributed by atoms with Gasteiger partial charge in [-0.2, -0.15) is 0 Å². The zero-order valence-corrected chi connectivity index (χ0v) is 20.3. The van der Waals surface area contributed by atoms with Crippen LogP contribution in [0.3, 0.4) is 0 Å². The number of hydrogen-bond acceptors (Lipinski definition) is 4. The van der Waals surface area contributed by atoms with Gasteiger partial charge in [-0.1, -0.05) is 104 Å². The molecule has 0 rings (SSSR count). The molecule has 30 heavy (non-hydrogen) atoms. The smallest absolute Gasteiger partial charge is 0.328 e. The van der Waals surface area contributed by atoms with Crippen LogP contribution in [0.4, 0.5) is 0 Å². The fraction of sp³-hybridized carbons (Fsp3) is 0.957. The summed E-state index contributed by atoms with van der Waals surface area (Å²) in [5, 5.41) is 9.38. The molecule has 0 saturated heterocycles. The van der Waals surface area contributed by atoms with Crippen molar-refractivity contribution in [2.45, 2.75) is 123 Å². The van der Waals surface area contributed by atoms with Crippen molar-refractivity contribution in [2.24, 2.45) is 5.92 Å². The van der Waals surface area contributed by atoms with Gasteiger partial charge in [0.2, 0.25) is 0 Å². The van der Waals surface area contributed by atoms with Crippen LogP contribution in [-0.2, 0) is 14.1 Å². The van der Waals surface area contributed by atoms with Crippen LogP contribution in [0.25, 0.3) is 0 Å². The minimum atomic E-state index is -4.28. The minimum Gasteiger partial charge on any atom is -0.463 e. The Morgan fingerprint density at radius 3 is 1.57 bits per heavy atom. The molecule has 0 fully saturated rings. The first kappa shape index (κ1) is 29.6. The molecular weight excluding hydrogens is 403 g/mol. The van der Waals surface area contributed by atoms with Crippen LogP contribution in [0, 0.1) is 5.92 Å². The molecule has 0 aliphatic carbocycles. The molecule has 0 bridgehead atoms. The number of hydrogen-bond donors (Lipinski definition) is 3. The number of ether oxygens (including phenoxy) is 1. The van der Waals surface area contributed by atoms with Gasteiger partial charge >= 0.3 is 13.6 Å². The molecular formula is C23H47O6P. The fourth-order valence-electron chi connectivity index (χ4n) is 3.53. The fourth-order valence-corrected chi connectivity index (χ4v) is 4.19. The van der Waals surface area contributed by atoms with E-state index in [4.69, 9.17) is 14.5 Å². The van der Waals surface area contributed by atoms with E-state index in [0.717, 1.165) is 25.2 Å². The largest absolute Gasteiger partial charge is 0.463 e. The number of esters is 1. The maximum atomic E-state index is 11.5. The topological polar surface area (TPSA) is 104 Å². The molecule has 7 heteroatoms. The van der Waals surface area contributed by atoms with Gasteiger partial charge < -0.3 is 19.6 Å². The molecule has 6 nitrogen and oxygen atoms in total. The molecule has 180 valence electrons.